The van der Waals surface area contributed by atoms with E-state index < -0.39 is 6.10 Å². The highest BCUT2D eigenvalue weighted by molar-refractivity contribution is 6.30. The van der Waals surface area contributed by atoms with Crippen LogP contribution in [-0.2, 0) is 14.4 Å². The first-order valence-corrected chi connectivity index (χ1v) is 5.84. The number of hydrogen-bond acceptors (Lipinski definition) is 4. The Morgan fingerprint density at radius 1 is 1.33 bits per heavy atom. The van der Waals surface area contributed by atoms with Gasteiger partial charge in [0.2, 0.25) is 0 Å². The molecule has 18 heavy (non-hydrogen) atoms. The van der Waals surface area contributed by atoms with Gasteiger partial charge in [-0.15, -0.1) is 0 Å². The van der Waals surface area contributed by atoms with Gasteiger partial charge in [-0.25, -0.2) is 5.48 Å². The molecule has 0 saturated carbocycles. The van der Waals surface area contributed by atoms with Crippen LogP contribution >= 0.6 is 11.6 Å². The number of nitrogens with one attached hydrogen (secondary N) is 1. The summed E-state index contributed by atoms with van der Waals surface area (Å²) in [6.07, 6.45) is -0.659. The van der Waals surface area contributed by atoms with Gasteiger partial charge in [-0.1, -0.05) is 11.6 Å². The van der Waals surface area contributed by atoms with Crippen LogP contribution < -0.4 is 10.2 Å². The minimum absolute atomic E-state index is 0.288. The molecule has 1 unspecified atom stereocenters. The van der Waals surface area contributed by atoms with Crippen LogP contribution in [0.2, 0.25) is 5.02 Å². The molecule has 1 atom stereocenters. The molecule has 6 heteroatoms. The molecule has 0 radical (unpaired) electrons. The summed E-state index contributed by atoms with van der Waals surface area (Å²) in [5.74, 6) is 0.208. The minimum atomic E-state index is -0.659. The lowest BCUT2D eigenvalue weighted by molar-refractivity contribution is -0.141. The summed E-state index contributed by atoms with van der Waals surface area (Å²) in [5.41, 5.74) is 2.28. The van der Waals surface area contributed by atoms with Gasteiger partial charge in [0.15, 0.2) is 6.10 Å². The number of amides is 1. The SMILES string of the molecule is COCCONC(=O)C(C)Oc1ccc(Cl)cc1. The Kier molecular flexibility index (Phi) is 6.49. The monoisotopic (exact) mass is 273 g/mol. The highest BCUT2D eigenvalue weighted by Crippen LogP contribution is 2.16. The number of benzene rings is 1. The second-order valence-corrected chi connectivity index (χ2v) is 3.96. The predicted molar refractivity (Wildman–Crippen MR) is 67.5 cm³/mol. The fourth-order valence-electron chi connectivity index (χ4n) is 1.10. The summed E-state index contributed by atoms with van der Waals surface area (Å²) in [6, 6.07) is 6.77. The fourth-order valence-corrected chi connectivity index (χ4v) is 1.23. The number of halogens is 1. The van der Waals surface area contributed by atoms with Crippen LogP contribution in [0.4, 0.5) is 0 Å². The largest absolute Gasteiger partial charge is 0.481 e. The van der Waals surface area contributed by atoms with Crippen molar-refractivity contribution in [3.63, 3.8) is 0 Å². The molecule has 5 nitrogen and oxygen atoms in total. The van der Waals surface area contributed by atoms with E-state index in [4.69, 9.17) is 25.9 Å². The molecule has 0 heterocycles. The second kappa shape index (κ2) is 7.92. The number of carbonyl (C=O) groups excluding carboxylic acids is 1. The van der Waals surface area contributed by atoms with Gasteiger partial charge in [-0.2, -0.15) is 0 Å². The van der Waals surface area contributed by atoms with Gasteiger partial charge >= 0.3 is 0 Å². The van der Waals surface area contributed by atoms with E-state index in [0.29, 0.717) is 17.4 Å². The molecule has 1 N–H and O–H groups in total. The third-order valence-corrected chi connectivity index (χ3v) is 2.31. The highest BCUT2D eigenvalue weighted by Gasteiger charge is 2.14. The van der Waals surface area contributed by atoms with E-state index in [1.165, 1.54) is 0 Å². The Morgan fingerprint density at radius 2 is 2.00 bits per heavy atom. The van der Waals surface area contributed by atoms with Crippen LogP contribution in [-0.4, -0.2) is 32.3 Å². The fraction of sp³-hybridized carbons (Fsp3) is 0.417. The third kappa shape index (κ3) is 5.35. The molecular formula is C12H16ClNO4. The van der Waals surface area contributed by atoms with E-state index in [9.17, 15) is 4.79 Å². The van der Waals surface area contributed by atoms with Gasteiger partial charge in [0.05, 0.1) is 13.2 Å². The predicted octanol–water partition coefficient (Wildman–Crippen LogP) is 1.80. The van der Waals surface area contributed by atoms with E-state index in [1.54, 1.807) is 38.3 Å². The molecule has 0 aliphatic heterocycles. The number of ether oxygens (including phenoxy) is 2. The average Bonchev–Trinajstić information content (AvgIpc) is 2.37. The molecule has 1 aromatic carbocycles. The molecule has 1 aromatic rings. The van der Waals surface area contributed by atoms with Gasteiger partial charge in [-0.05, 0) is 31.2 Å². The van der Waals surface area contributed by atoms with Crippen LogP contribution in [0.5, 0.6) is 5.75 Å². The maximum Gasteiger partial charge on any atom is 0.284 e. The maximum atomic E-state index is 11.5. The smallest absolute Gasteiger partial charge is 0.284 e. The molecule has 1 amide bonds. The van der Waals surface area contributed by atoms with Crippen LogP contribution in [0.1, 0.15) is 6.92 Å². The van der Waals surface area contributed by atoms with Crippen molar-refractivity contribution in [2.24, 2.45) is 0 Å². The topological polar surface area (TPSA) is 56.8 Å². The van der Waals surface area contributed by atoms with E-state index >= 15 is 0 Å². The molecular weight excluding hydrogens is 258 g/mol. The molecule has 1 rings (SSSR count). The Labute approximate surface area is 111 Å². The van der Waals surface area contributed by atoms with E-state index in [2.05, 4.69) is 5.48 Å². The molecule has 0 bridgehead atoms. The molecule has 0 aliphatic rings. The van der Waals surface area contributed by atoms with Crippen molar-refractivity contribution in [3.8, 4) is 5.75 Å². The number of hydrogen-bond donors (Lipinski definition) is 1. The molecule has 0 spiro atoms. The highest BCUT2D eigenvalue weighted by atomic mass is 35.5. The van der Waals surface area contributed by atoms with E-state index in [1.807, 2.05) is 0 Å². The number of methoxy groups -OCH3 is 1. The summed E-state index contributed by atoms with van der Waals surface area (Å²) >= 11 is 5.74. The first kappa shape index (κ1) is 14.8. The van der Waals surface area contributed by atoms with Gasteiger partial charge in [-0.3, -0.25) is 9.63 Å². The second-order valence-electron chi connectivity index (χ2n) is 3.52. The van der Waals surface area contributed by atoms with Crippen molar-refractivity contribution < 1.29 is 19.1 Å². The lowest BCUT2D eigenvalue weighted by Crippen LogP contribution is -2.36. The van der Waals surface area contributed by atoms with Gasteiger partial charge in [0.25, 0.3) is 5.91 Å². The molecule has 0 aromatic heterocycles. The van der Waals surface area contributed by atoms with Crippen LogP contribution in [0.3, 0.4) is 0 Å². The van der Waals surface area contributed by atoms with E-state index in [0.717, 1.165) is 0 Å². The van der Waals surface area contributed by atoms with Crippen LogP contribution in [0.15, 0.2) is 24.3 Å². The van der Waals surface area contributed by atoms with E-state index in [-0.39, 0.29) is 12.5 Å². The summed E-state index contributed by atoms with van der Waals surface area (Å²) < 4.78 is 10.2. The van der Waals surface area contributed by atoms with Crippen molar-refractivity contribution >= 4 is 17.5 Å². The minimum Gasteiger partial charge on any atom is -0.481 e. The zero-order chi connectivity index (χ0) is 13.4. The lowest BCUT2D eigenvalue weighted by atomic mass is 10.3. The summed E-state index contributed by atoms with van der Waals surface area (Å²) in [4.78, 5) is 16.4. The number of hydroxylamine groups is 1. The van der Waals surface area contributed by atoms with Crippen molar-refractivity contribution in [2.45, 2.75) is 13.0 Å². The molecule has 0 aliphatic carbocycles. The normalized spacial score (nSPS) is 11.9. The maximum absolute atomic E-state index is 11.5. The molecule has 100 valence electrons. The number of rotatable bonds is 7. The van der Waals surface area contributed by atoms with Crippen molar-refractivity contribution in [1.29, 1.82) is 0 Å². The quantitative estimate of drug-likeness (QED) is 0.608. The molecule has 0 saturated heterocycles. The van der Waals surface area contributed by atoms with Gasteiger partial charge < -0.3 is 9.47 Å². The molecule has 0 fully saturated rings. The Balaban J connectivity index is 2.33. The summed E-state index contributed by atoms with van der Waals surface area (Å²) in [6.45, 7) is 2.33. The summed E-state index contributed by atoms with van der Waals surface area (Å²) in [7, 11) is 1.55. The number of carbonyl (C=O) groups is 1. The summed E-state index contributed by atoms with van der Waals surface area (Å²) in [5, 5.41) is 0.613. The zero-order valence-electron chi connectivity index (χ0n) is 10.3. The average molecular weight is 274 g/mol. The van der Waals surface area contributed by atoms with Crippen LogP contribution in [0.25, 0.3) is 0 Å². The van der Waals surface area contributed by atoms with Gasteiger partial charge in [0.1, 0.15) is 5.75 Å². The van der Waals surface area contributed by atoms with Crippen LogP contribution in [0, 0.1) is 0 Å². The Hall–Kier alpha value is -1.30. The standard InChI is InChI=1S/C12H16ClNO4/c1-9(12(15)14-17-8-7-16-2)18-11-5-3-10(13)4-6-11/h3-6,9H,7-8H2,1-2H3,(H,14,15). The van der Waals surface area contributed by atoms with Gasteiger partial charge in [0, 0.05) is 12.1 Å². The Morgan fingerprint density at radius 3 is 2.61 bits per heavy atom. The zero-order valence-corrected chi connectivity index (χ0v) is 11.1. The lowest BCUT2D eigenvalue weighted by Gasteiger charge is -2.14. The third-order valence-electron chi connectivity index (χ3n) is 2.06. The van der Waals surface area contributed by atoms with Crippen molar-refractivity contribution in [2.75, 3.05) is 20.3 Å². The van der Waals surface area contributed by atoms with Crippen molar-refractivity contribution in [3.05, 3.63) is 29.3 Å². The first-order chi connectivity index (χ1) is 8.63. The first-order valence-electron chi connectivity index (χ1n) is 5.46. The Bertz CT molecular complexity index is 369. The van der Waals surface area contributed by atoms with Crippen molar-refractivity contribution in [1.82, 2.24) is 5.48 Å².